The van der Waals surface area contributed by atoms with Crippen molar-refractivity contribution in [3.05, 3.63) is 5.21 Å². The number of hydrogen-bond acceptors (Lipinski definition) is 5. The van der Waals surface area contributed by atoms with Crippen molar-refractivity contribution in [2.75, 3.05) is 14.2 Å². The fourth-order valence-corrected chi connectivity index (χ4v) is 1.95. The molecule has 0 atom stereocenters. The largest absolute Gasteiger partial charge is 0.596 e. The van der Waals surface area contributed by atoms with E-state index in [0.29, 0.717) is 17.7 Å². The Kier molecular flexibility index (Phi) is 3.88. The summed E-state index contributed by atoms with van der Waals surface area (Å²) in [6, 6.07) is 0. The predicted octanol–water partition coefficient (Wildman–Crippen LogP) is 1.39. The molecule has 15 heavy (non-hydrogen) atoms. The van der Waals surface area contributed by atoms with Crippen LogP contribution in [0.15, 0.2) is 5.28 Å². The zero-order valence-electron chi connectivity index (χ0n) is 9.06. The summed E-state index contributed by atoms with van der Waals surface area (Å²) in [5, 5.41) is 14.9. The number of carbonyl (C=O) groups is 1. The minimum atomic E-state index is -1.18. The van der Waals surface area contributed by atoms with Gasteiger partial charge in [-0.2, -0.15) is 0 Å². The number of esters is 1. The summed E-state index contributed by atoms with van der Waals surface area (Å²) in [7, 11) is 2.55. The van der Waals surface area contributed by atoms with Gasteiger partial charge >= 0.3 is 5.97 Å². The Morgan fingerprint density at radius 3 is 2.40 bits per heavy atom. The van der Waals surface area contributed by atoms with E-state index in [0.717, 1.165) is 19.3 Å². The van der Waals surface area contributed by atoms with E-state index in [1.807, 2.05) is 0 Å². The zero-order chi connectivity index (χ0) is 11.3. The van der Waals surface area contributed by atoms with Crippen LogP contribution in [-0.4, -0.2) is 30.6 Å². The highest BCUT2D eigenvalue weighted by atomic mass is 16.7. The second-order valence-electron chi connectivity index (χ2n) is 3.62. The van der Waals surface area contributed by atoms with E-state index in [-0.39, 0.29) is 0 Å². The van der Waals surface area contributed by atoms with E-state index in [1.165, 1.54) is 14.2 Å². The van der Waals surface area contributed by atoms with Gasteiger partial charge in [0.05, 0.1) is 7.11 Å². The number of methoxy groups -OCH3 is 1. The van der Waals surface area contributed by atoms with E-state index in [4.69, 9.17) is 0 Å². The summed E-state index contributed by atoms with van der Waals surface area (Å²) < 4.78 is 4.66. The highest BCUT2D eigenvalue weighted by molar-refractivity contribution is 5.79. The molecular formula is C9H16N2O4. The molecule has 6 nitrogen and oxygen atoms in total. The fraction of sp³-hybridized carbons (Fsp3) is 0.889. The van der Waals surface area contributed by atoms with Gasteiger partial charge in [0, 0.05) is 12.8 Å². The summed E-state index contributed by atoms with van der Waals surface area (Å²) in [5.41, 5.74) is -1.18. The Balaban J connectivity index is 2.94. The molecular weight excluding hydrogens is 200 g/mol. The summed E-state index contributed by atoms with van der Waals surface area (Å²) in [6.45, 7) is 0. The maximum Gasteiger partial charge on any atom is 0.382 e. The average molecular weight is 216 g/mol. The SMILES string of the molecule is CO/N=[N+](\[O-])C1(C(=O)OC)CCCCC1. The van der Waals surface area contributed by atoms with E-state index >= 15 is 0 Å². The Morgan fingerprint density at radius 2 is 1.93 bits per heavy atom. The third kappa shape index (κ3) is 2.19. The van der Waals surface area contributed by atoms with Crippen molar-refractivity contribution in [1.29, 1.82) is 0 Å². The van der Waals surface area contributed by atoms with E-state index in [2.05, 4.69) is 14.9 Å². The highest BCUT2D eigenvalue weighted by Crippen LogP contribution is 2.32. The molecule has 1 aliphatic carbocycles. The van der Waals surface area contributed by atoms with E-state index < -0.39 is 11.5 Å². The van der Waals surface area contributed by atoms with Crippen molar-refractivity contribution in [2.24, 2.45) is 5.28 Å². The third-order valence-corrected chi connectivity index (χ3v) is 2.77. The Hall–Kier alpha value is -1.33. The number of carbonyl (C=O) groups excluding carboxylic acids is 1. The van der Waals surface area contributed by atoms with Gasteiger partial charge in [-0.15, -0.1) is 0 Å². The maximum absolute atomic E-state index is 11.6. The first kappa shape index (κ1) is 11.7. The standard InChI is InChI=1S/C9H16N2O4/c1-14-8(12)9(11(13)10-15-2)6-4-3-5-7-9/h3-7H2,1-2H3/b11-10-. The van der Waals surface area contributed by atoms with Crippen LogP contribution in [0.25, 0.3) is 0 Å². The highest BCUT2D eigenvalue weighted by Gasteiger charge is 2.51. The first-order valence-corrected chi connectivity index (χ1v) is 4.97. The third-order valence-electron chi connectivity index (χ3n) is 2.77. The van der Waals surface area contributed by atoms with Crippen molar-refractivity contribution < 1.29 is 19.2 Å². The van der Waals surface area contributed by atoms with Gasteiger partial charge in [-0.25, -0.2) is 4.79 Å². The molecule has 86 valence electrons. The molecule has 0 saturated heterocycles. The topological polar surface area (TPSA) is 74.0 Å². The van der Waals surface area contributed by atoms with Crippen LogP contribution in [0.4, 0.5) is 0 Å². The maximum atomic E-state index is 11.6. The molecule has 0 heterocycles. The minimum Gasteiger partial charge on any atom is -0.596 e. The molecule has 0 radical (unpaired) electrons. The zero-order valence-corrected chi connectivity index (χ0v) is 9.06. The van der Waals surface area contributed by atoms with Gasteiger partial charge in [-0.05, 0) is 17.7 Å². The Labute approximate surface area is 88.4 Å². The molecule has 1 fully saturated rings. The molecule has 6 heteroatoms. The number of nitrogens with zero attached hydrogens (tertiary/aromatic N) is 2. The lowest BCUT2D eigenvalue weighted by molar-refractivity contribution is -0.623. The molecule has 0 unspecified atom stereocenters. The van der Waals surface area contributed by atoms with Gasteiger partial charge in [-0.3, -0.25) is 0 Å². The molecule has 0 aromatic rings. The van der Waals surface area contributed by atoms with Gasteiger partial charge < -0.3 is 14.8 Å². The van der Waals surface area contributed by atoms with E-state index in [9.17, 15) is 10.0 Å². The van der Waals surface area contributed by atoms with Crippen LogP contribution in [0.5, 0.6) is 0 Å². The van der Waals surface area contributed by atoms with Crippen LogP contribution in [-0.2, 0) is 14.4 Å². The second kappa shape index (κ2) is 4.95. The summed E-state index contributed by atoms with van der Waals surface area (Å²) in [5.74, 6) is -0.530. The van der Waals surface area contributed by atoms with Crippen LogP contribution in [0, 0.1) is 5.21 Å². The Bertz CT molecular complexity index is 259. The number of hydrogen-bond donors (Lipinski definition) is 0. The second-order valence-corrected chi connectivity index (χ2v) is 3.62. The van der Waals surface area contributed by atoms with Crippen LogP contribution >= 0.6 is 0 Å². The van der Waals surface area contributed by atoms with Crippen molar-refractivity contribution in [2.45, 2.75) is 37.6 Å². The first-order chi connectivity index (χ1) is 7.17. The summed E-state index contributed by atoms with van der Waals surface area (Å²) in [6.07, 6.45) is 3.62. The van der Waals surface area contributed by atoms with Gasteiger partial charge in [0.25, 0.3) is 5.54 Å². The van der Waals surface area contributed by atoms with Crippen molar-refractivity contribution in [1.82, 2.24) is 0 Å². The number of hydroxylamine groups is 1. The van der Waals surface area contributed by atoms with Crippen molar-refractivity contribution in [3.8, 4) is 0 Å². The molecule has 0 amide bonds. The molecule has 0 aromatic carbocycles. The van der Waals surface area contributed by atoms with Crippen LogP contribution in [0.3, 0.4) is 0 Å². The molecule has 1 rings (SSSR count). The summed E-state index contributed by atoms with van der Waals surface area (Å²) in [4.78, 5) is 16.4. The van der Waals surface area contributed by atoms with Crippen LogP contribution in [0.1, 0.15) is 32.1 Å². The van der Waals surface area contributed by atoms with Crippen LogP contribution in [0.2, 0.25) is 0 Å². The van der Waals surface area contributed by atoms with E-state index in [1.54, 1.807) is 0 Å². The molecule has 0 aliphatic heterocycles. The lowest BCUT2D eigenvalue weighted by atomic mass is 9.82. The van der Waals surface area contributed by atoms with Crippen LogP contribution < -0.4 is 0 Å². The van der Waals surface area contributed by atoms with Gasteiger partial charge in [0.2, 0.25) is 5.28 Å². The smallest absolute Gasteiger partial charge is 0.382 e. The minimum absolute atomic E-state index is 0.345. The quantitative estimate of drug-likeness (QED) is 0.309. The molecule has 1 aliphatic rings. The molecule has 0 bridgehead atoms. The first-order valence-electron chi connectivity index (χ1n) is 4.97. The van der Waals surface area contributed by atoms with Gasteiger partial charge in [-0.1, -0.05) is 6.42 Å². The Morgan fingerprint density at radius 1 is 1.33 bits per heavy atom. The lowest BCUT2D eigenvalue weighted by Crippen LogP contribution is -2.49. The predicted molar refractivity (Wildman–Crippen MR) is 50.9 cm³/mol. The number of rotatable bonds is 3. The fourth-order valence-electron chi connectivity index (χ4n) is 1.95. The summed E-state index contributed by atoms with van der Waals surface area (Å²) >= 11 is 0. The lowest BCUT2D eigenvalue weighted by Gasteiger charge is -2.28. The molecule has 0 aromatic heterocycles. The molecule has 0 N–H and O–H groups in total. The average Bonchev–Trinajstić information content (AvgIpc) is 2.29. The molecule has 1 saturated carbocycles. The normalized spacial score (nSPS) is 20.8. The van der Waals surface area contributed by atoms with Crippen molar-refractivity contribution >= 4 is 5.97 Å². The van der Waals surface area contributed by atoms with Crippen molar-refractivity contribution in [3.63, 3.8) is 0 Å². The molecule has 0 spiro atoms. The van der Waals surface area contributed by atoms with Gasteiger partial charge in [0.15, 0.2) is 0 Å². The van der Waals surface area contributed by atoms with Gasteiger partial charge in [0.1, 0.15) is 7.11 Å². The number of ether oxygens (including phenoxy) is 1. The monoisotopic (exact) mass is 216 g/mol.